The molecule has 108 valence electrons. The van der Waals surface area contributed by atoms with E-state index >= 15 is 0 Å². The molecule has 2 aromatic rings. The second-order valence-corrected chi connectivity index (χ2v) is 5.34. The van der Waals surface area contributed by atoms with Gasteiger partial charge in [-0.2, -0.15) is 0 Å². The third-order valence-electron chi connectivity index (χ3n) is 3.61. The van der Waals surface area contributed by atoms with Gasteiger partial charge in [0.2, 0.25) is 0 Å². The van der Waals surface area contributed by atoms with Crippen LogP contribution in [-0.4, -0.2) is 11.1 Å². The van der Waals surface area contributed by atoms with E-state index in [1.165, 1.54) is 12.8 Å². The molecule has 0 saturated heterocycles. The highest BCUT2D eigenvalue weighted by molar-refractivity contribution is 5.58. The van der Waals surface area contributed by atoms with Gasteiger partial charge < -0.3 is 27.2 Å². The number of benzene rings is 1. The van der Waals surface area contributed by atoms with Crippen LogP contribution in [0.25, 0.3) is 11.3 Å². The van der Waals surface area contributed by atoms with Crippen LogP contribution in [0.3, 0.4) is 0 Å². The molecule has 20 heavy (non-hydrogen) atoms. The Hall–Kier alpha value is -1.29. The summed E-state index contributed by atoms with van der Waals surface area (Å²) in [7, 11) is 0. The maximum Gasteiger partial charge on any atom is 0.158 e. The average Bonchev–Trinajstić information content (AvgIpc) is 3.13. The van der Waals surface area contributed by atoms with Gasteiger partial charge in [-0.3, -0.25) is 0 Å². The van der Waals surface area contributed by atoms with E-state index in [9.17, 15) is 5.11 Å². The van der Waals surface area contributed by atoms with Crippen LogP contribution in [-0.2, 0) is 6.54 Å². The Labute approximate surface area is 125 Å². The minimum atomic E-state index is -0.422. The lowest BCUT2D eigenvalue weighted by atomic mass is 10.1. The molecule has 0 spiro atoms. The van der Waals surface area contributed by atoms with Gasteiger partial charge in [-0.15, -0.1) is 0 Å². The number of rotatable bonds is 5. The number of hydrogen-bond acceptors (Lipinski definition) is 2. The van der Waals surface area contributed by atoms with Crippen LogP contribution in [0.2, 0.25) is 0 Å². The number of furan rings is 1. The molecule has 1 aliphatic rings. The lowest BCUT2D eigenvalue weighted by molar-refractivity contribution is -0.685. The molecular formula is C16H20ClNO2. The molecule has 1 heterocycles. The zero-order valence-electron chi connectivity index (χ0n) is 11.6. The number of nitrogens with two attached hydrogens (primary N) is 1. The predicted octanol–water partition coefficient (Wildman–Crippen LogP) is -0.770. The van der Waals surface area contributed by atoms with E-state index in [4.69, 9.17) is 4.42 Å². The first-order chi connectivity index (χ1) is 9.22. The summed E-state index contributed by atoms with van der Waals surface area (Å²) in [5, 5.41) is 11.8. The summed E-state index contributed by atoms with van der Waals surface area (Å²) < 4.78 is 5.85. The van der Waals surface area contributed by atoms with Gasteiger partial charge in [0, 0.05) is 18.4 Å². The highest BCUT2D eigenvalue weighted by atomic mass is 35.5. The molecule has 4 heteroatoms. The zero-order valence-corrected chi connectivity index (χ0v) is 12.3. The van der Waals surface area contributed by atoms with Gasteiger partial charge >= 0.3 is 0 Å². The number of halogens is 1. The molecule has 1 unspecified atom stereocenters. The summed E-state index contributed by atoms with van der Waals surface area (Å²) in [4.78, 5) is 0. The predicted molar refractivity (Wildman–Crippen MR) is 73.4 cm³/mol. The van der Waals surface area contributed by atoms with Crippen molar-refractivity contribution in [3.8, 4) is 11.3 Å². The number of aliphatic hydroxyl groups excluding tert-OH is 1. The van der Waals surface area contributed by atoms with Crippen molar-refractivity contribution in [1.82, 2.24) is 0 Å². The first-order valence-electron chi connectivity index (χ1n) is 6.93. The highest BCUT2D eigenvalue weighted by Gasteiger charge is 2.25. The fraction of sp³-hybridized carbons (Fsp3) is 0.375. The maximum absolute atomic E-state index is 9.49. The van der Waals surface area contributed by atoms with Crippen molar-refractivity contribution in [2.24, 2.45) is 0 Å². The maximum atomic E-state index is 9.49. The van der Waals surface area contributed by atoms with Crippen molar-refractivity contribution in [1.29, 1.82) is 0 Å². The van der Waals surface area contributed by atoms with Crippen molar-refractivity contribution < 1.29 is 27.2 Å². The van der Waals surface area contributed by atoms with E-state index in [0.717, 1.165) is 35.2 Å². The highest BCUT2D eigenvalue weighted by Crippen LogP contribution is 2.24. The minimum absolute atomic E-state index is 0. The Morgan fingerprint density at radius 2 is 1.90 bits per heavy atom. The summed E-state index contributed by atoms with van der Waals surface area (Å²) >= 11 is 0. The Morgan fingerprint density at radius 1 is 1.20 bits per heavy atom. The van der Waals surface area contributed by atoms with Gasteiger partial charge in [-0.1, -0.05) is 24.3 Å². The summed E-state index contributed by atoms with van der Waals surface area (Å²) in [5.41, 5.74) is 1.99. The lowest BCUT2D eigenvalue weighted by Crippen LogP contribution is -3.00. The fourth-order valence-corrected chi connectivity index (χ4v) is 2.18. The van der Waals surface area contributed by atoms with Crippen LogP contribution < -0.4 is 17.7 Å². The Balaban J connectivity index is 0.00000147. The topological polar surface area (TPSA) is 50.0 Å². The van der Waals surface area contributed by atoms with Gasteiger partial charge in [0.1, 0.15) is 12.3 Å². The molecule has 1 aromatic heterocycles. The quantitative estimate of drug-likeness (QED) is 0.761. The number of aliphatic hydroxyl groups is 1. The summed E-state index contributed by atoms with van der Waals surface area (Å²) in [6.45, 7) is 2.70. The van der Waals surface area contributed by atoms with Crippen LogP contribution in [0.5, 0.6) is 0 Å². The van der Waals surface area contributed by atoms with Crippen LogP contribution >= 0.6 is 0 Å². The Morgan fingerprint density at radius 3 is 2.50 bits per heavy atom. The smallest absolute Gasteiger partial charge is 0.158 e. The van der Waals surface area contributed by atoms with E-state index in [0.29, 0.717) is 0 Å². The van der Waals surface area contributed by atoms with E-state index in [1.807, 2.05) is 30.3 Å². The molecule has 1 saturated carbocycles. The second-order valence-electron chi connectivity index (χ2n) is 5.34. The normalized spacial score (nSPS) is 15.7. The first kappa shape index (κ1) is 15.1. The van der Waals surface area contributed by atoms with Crippen molar-refractivity contribution in [2.75, 3.05) is 0 Å². The van der Waals surface area contributed by atoms with Crippen LogP contribution in [0.15, 0.2) is 40.8 Å². The molecule has 1 atom stereocenters. The average molecular weight is 294 g/mol. The summed E-state index contributed by atoms with van der Waals surface area (Å²) in [6.07, 6.45) is 2.26. The van der Waals surface area contributed by atoms with Gasteiger partial charge in [-0.05, 0) is 24.6 Å². The number of quaternary nitrogens is 1. The molecular weight excluding hydrogens is 274 g/mol. The number of hydrogen-bond donors (Lipinski definition) is 2. The third kappa shape index (κ3) is 3.63. The Bertz CT molecular complexity index is 544. The summed E-state index contributed by atoms with van der Waals surface area (Å²) in [5.74, 6) is 1.93. The lowest BCUT2D eigenvalue weighted by Gasteiger charge is -2.04. The van der Waals surface area contributed by atoms with Crippen molar-refractivity contribution in [3.05, 3.63) is 47.7 Å². The first-order valence-corrected chi connectivity index (χ1v) is 6.93. The molecule has 1 aromatic carbocycles. The third-order valence-corrected chi connectivity index (χ3v) is 3.61. The van der Waals surface area contributed by atoms with Gasteiger partial charge in [0.05, 0.1) is 12.1 Å². The molecule has 1 fully saturated rings. The molecule has 3 N–H and O–H groups in total. The molecule has 1 aliphatic carbocycles. The molecule has 3 nitrogen and oxygen atoms in total. The monoisotopic (exact) mass is 293 g/mol. The minimum Gasteiger partial charge on any atom is -1.00 e. The van der Waals surface area contributed by atoms with Crippen molar-refractivity contribution >= 4 is 0 Å². The molecule has 3 rings (SSSR count). The van der Waals surface area contributed by atoms with Gasteiger partial charge in [0.15, 0.2) is 5.76 Å². The molecule has 0 aliphatic heterocycles. The van der Waals surface area contributed by atoms with Crippen LogP contribution in [0, 0.1) is 0 Å². The second kappa shape index (κ2) is 6.44. The van der Waals surface area contributed by atoms with E-state index in [2.05, 4.69) is 11.4 Å². The van der Waals surface area contributed by atoms with E-state index in [-0.39, 0.29) is 12.4 Å². The van der Waals surface area contributed by atoms with Gasteiger partial charge in [0.25, 0.3) is 0 Å². The largest absolute Gasteiger partial charge is 1.00 e. The van der Waals surface area contributed by atoms with E-state index in [1.54, 1.807) is 6.92 Å². The van der Waals surface area contributed by atoms with Crippen LogP contribution in [0.1, 0.15) is 37.2 Å². The molecule has 0 bridgehead atoms. The Kier molecular flexibility index (Phi) is 4.86. The van der Waals surface area contributed by atoms with Crippen molar-refractivity contribution in [3.63, 3.8) is 0 Å². The zero-order chi connectivity index (χ0) is 13.2. The standard InChI is InChI=1S/C16H19NO2.ClH/c1-11(18)12-2-4-13(5-3-12)16-9-8-15(19-16)10-17-14-6-7-14;/h2-5,8-9,11,14,17-18H,6-7,10H2,1H3;1H. The van der Waals surface area contributed by atoms with Gasteiger partial charge in [-0.25, -0.2) is 0 Å². The van der Waals surface area contributed by atoms with Crippen LogP contribution in [0.4, 0.5) is 0 Å². The SMILES string of the molecule is CC(O)c1ccc(-c2ccc(C[NH2+]C3CC3)o2)cc1.[Cl-]. The fourth-order valence-electron chi connectivity index (χ4n) is 2.18. The van der Waals surface area contributed by atoms with Crippen molar-refractivity contribution in [2.45, 2.75) is 38.5 Å². The molecule has 0 radical (unpaired) electrons. The van der Waals surface area contributed by atoms with E-state index < -0.39 is 6.10 Å². The molecule has 0 amide bonds. The summed E-state index contributed by atoms with van der Waals surface area (Å²) in [6, 6.07) is 12.8.